The summed E-state index contributed by atoms with van der Waals surface area (Å²) in [6.07, 6.45) is 5.11. The lowest BCUT2D eigenvalue weighted by atomic mass is 10.4. The van der Waals surface area contributed by atoms with Crippen LogP contribution in [0.15, 0.2) is 0 Å². The summed E-state index contributed by atoms with van der Waals surface area (Å²) < 4.78 is 9.89. The third kappa shape index (κ3) is 6.84. The first-order chi connectivity index (χ1) is 5.00. The zero-order valence-electron chi connectivity index (χ0n) is 7.05. The van der Waals surface area contributed by atoms with Gasteiger partial charge in [-0.25, -0.2) is 0 Å². The van der Waals surface area contributed by atoms with Gasteiger partial charge in [0.1, 0.15) is 0 Å². The quantitative estimate of drug-likeness (QED) is 0.510. The average Bonchev–Trinajstić information content (AvgIpc) is 2.67. The van der Waals surface area contributed by atoms with Crippen molar-refractivity contribution in [3.05, 3.63) is 0 Å². The van der Waals surface area contributed by atoms with Crippen LogP contribution in [0.4, 0.5) is 0 Å². The van der Waals surface area contributed by atoms with Crippen molar-refractivity contribution in [3.63, 3.8) is 0 Å². The fraction of sp³-hybridized carbons (Fsp3) is 1.00. The van der Waals surface area contributed by atoms with Crippen LogP contribution in [0.5, 0.6) is 0 Å². The highest BCUT2D eigenvalue weighted by Crippen LogP contribution is 1.98. The first kappa shape index (κ1) is 11.5. The Morgan fingerprint density at radius 1 is 0.545 bits per heavy atom. The first-order valence-corrected chi connectivity index (χ1v) is 4.15. The minimum absolute atomic E-state index is 0. The van der Waals surface area contributed by atoms with Crippen LogP contribution in [-0.4, -0.2) is 43.8 Å². The molecule has 11 heavy (non-hydrogen) atoms. The van der Waals surface area contributed by atoms with E-state index in [4.69, 9.17) is 9.47 Å². The average molecular weight is 171 g/mol. The van der Waals surface area contributed by atoms with E-state index in [9.17, 15) is 0 Å². The second kappa shape index (κ2) is 8.55. The molecule has 0 aromatic carbocycles. The van der Waals surface area contributed by atoms with Gasteiger partial charge in [-0.3, -0.25) is 0 Å². The lowest BCUT2D eigenvalue weighted by molar-refractivity contribution is 0.198. The molecule has 2 aliphatic rings. The molecule has 0 N–H and O–H groups in total. The van der Waals surface area contributed by atoms with Gasteiger partial charge in [0, 0.05) is 43.8 Å². The molecule has 0 saturated carbocycles. The molecule has 63 valence electrons. The standard InChI is InChI=1S/2C4H8O.Al/c2*1-2-4-5-3-1;/h2*1-4H2;. The lowest BCUT2D eigenvalue weighted by Gasteiger charge is -1.76. The minimum Gasteiger partial charge on any atom is -0.381 e. The van der Waals surface area contributed by atoms with Crippen molar-refractivity contribution in [2.45, 2.75) is 25.7 Å². The predicted molar refractivity (Wildman–Crippen MR) is 45.9 cm³/mol. The molecule has 0 amide bonds. The van der Waals surface area contributed by atoms with Crippen LogP contribution >= 0.6 is 0 Å². The van der Waals surface area contributed by atoms with Gasteiger partial charge in [-0.05, 0) is 25.7 Å². The molecule has 2 fully saturated rings. The van der Waals surface area contributed by atoms with E-state index in [1.807, 2.05) is 0 Å². The molecular weight excluding hydrogens is 155 g/mol. The first-order valence-electron chi connectivity index (χ1n) is 4.15. The van der Waals surface area contributed by atoms with Gasteiger partial charge in [0.05, 0.1) is 0 Å². The van der Waals surface area contributed by atoms with E-state index in [1.165, 1.54) is 25.7 Å². The van der Waals surface area contributed by atoms with E-state index in [2.05, 4.69) is 0 Å². The highest BCUT2D eigenvalue weighted by atomic mass is 27.0. The molecule has 2 nitrogen and oxygen atoms in total. The van der Waals surface area contributed by atoms with E-state index in [0.29, 0.717) is 0 Å². The summed E-state index contributed by atoms with van der Waals surface area (Å²) in [7, 11) is 0. The van der Waals surface area contributed by atoms with Crippen molar-refractivity contribution in [3.8, 4) is 0 Å². The van der Waals surface area contributed by atoms with E-state index in [0.717, 1.165) is 26.4 Å². The van der Waals surface area contributed by atoms with Crippen LogP contribution in [0, 0.1) is 0 Å². The minimum atomic E-state index is 0. The fourth-order valence-corrected chi connectivity index (χ4v) is 1.02. The Kier molecular flexibility index (Phi) is 8.90. The smallest absolute Gasteiger partial charge is 0.0466 e. The second-order valence-corrected chi connectivity index (χ2v) is 2.64. The van der Waals surface area contributed by atoms with Crippen LogP contribution in [0.1, 0.15) is 25.7 Å². The van der Waals surface area contributed by atoms with Crippen molar-refractivity contribution < 1.29 is 9.47 Å². The highest BCUT2D eigenvalue weighted by Gasteiger charge is 1.95. The molecule has 0 unspecified atom stereocenters. The van der Waals surface area contributed by atoms with Crippen LogP contribution in [0.25, 0.3) is 0 Å². The van der Waals surface area contributed by atoms with E-state index >= 15 is 0 Å². The maximum absolute atomic E-state index is 4.94. The van der Waals surface area contributed by atoms with Gasteiger partial charge in [-0.2, -0.15) is 0 Å². The monoisotopic (exact) mass is 171 g/mol. The molecular formula is C8H16AlO2. The van der Waals surface area contributed by atoms with Crippen LogP contribution in [0.3, 0.4) is 0 Å². The SMILES string of the molecule is C1CCOC1.C1CCOC1.[Al]. The van der Waals surface area contributed by atoms with Crippen molar-refractivity contribution in [2.75, 3.05) is 26.4 Å². The zero-order valence-corrected chi connectivity index (χ0v) is 8.21. The summed E-state index contributed by atoms with van der Waals surface area (Å²) in [5.41, 5.74) is 0. The molecule has 0 aromatic rings. The molecule has 3 heteroatoms. The highest BCUT2D eigenvalue weighted by molar-refractivity contribution is 5.75. The Morgan fingerprint density at radius 3 is 0.909 bits per heavy atom. The van der Waals surface area contributed by atoms with Gasteiger partial charge in [0.25, 0.3) is 0 Å². The summed E-state index contributed by atoms with van der Waals surface area (Å²) in [5.74, 6) is 0. The van der Waals surface area contributed by atoms with Gasteiger partial charge in [-0.1, -0.05) is 0 Å². The van der Waals surface area contributed by atoms with E-state index in [-0.39, 0.29) is 17.4 Å². The van der Waals surface area contributed by atoms with Crippen molar-refractivity contribution in [2.24, 2.45) is 0 Å². The molecule has 2 aliphatic heterocycles. The largest absolute Gasteiger partial charge is 0.381 e. The van der Waals surface area contributed by atoms with Crippen LogP contribution in [0.2, 0.25) is 0 Å². The maximum Gasteiger partial charge on any atom is 0.0466 e. The number of hydrogen-bond donors (Lipinski definition) is 0. The number of ether oxygens (including phenoxy) is 2. The molecule has 0 aliphatic carbocycles. The molecule has 2 heterocycles. The molecule has 0 atom stereocenters. The fourth-order valence-electron chi connectivity index (χ4n) is 1.02. The van der Waals surface area contributed by atoms with Gasteiger partial charge in [0.2, 0.25) is 0 Å². The lowest BCUT2D eigenvalue weighted by Crippen LogP contribution is -1.74. The molecule has 0 bridgehead atoms. The van der Waals surface area contributed by atoms with Crippen LogP contribution < -0.4 is 0 Å². The molecule has 2 saturated heterocycles. The normalized spacial score (nSPS) is 21.8. The van der Waals surface area contributed by atoms with Gasteiger partial charge in [0.15, 0.2) is 0 Å². The van der Waals surface area contributed by atoms with Gasteiger partial charge in [-0.15, -0.1) is 0 Å². The third-order valence-electron chi connectivity index (χ3n) is 1.65. The maximum atomic E-state index is 4.94. The molecule has 0 spiro atoms. The third-order valence-corrected chi connectivity index (χ3v) is 1.65. The summed E-state index contributed by atoms with van der Waals surface area (Å²) in [6, 6.07) is 0. The topological polar surface area (TPSA) is 18.5 Å². The molecule has 0 aromatic heterocycles. The molecule has 2 rings (SSSR count). The van der Waals surface area contributed by atoms with Gasteiger partial charge < -0.3 is 9.47 Å². The van der Waals surface area contributed by atoms with E-state index in [1.54, 1.807) is 0 Å². The Hall–Kier alpha value is 0.452. The summed E-state index contributed by atoms with van der Waals surface area (Å²) in [6.45, 7) is 4.00. The van der Waals surface area contributed by atoms with Crippen LogP contribution in [-0.2, 0) is 9.47 Å². The van der Waals surface area contributed by atoms with E-state index < -0.39 is 0 Å². The summed E-state index contributed by atoms with van der Waals surface area (Å²) >= 11 is 0. The second-order valence-electron chi connectivity index (χ2n) is 2.64. The van der Waals surface area contributed by atoms with Crippen molar-refractivity contribution in [1.82, 2.24) is 0 Å². The van der Waals surface area contributed by atoms with Crippen molar-refractivity contribution >= 4 is 17.4 Å². The number of rotatable bonds is 0. The predicted octanol–water partition coefficient (Wildman–Crippen LogP) is 1.21. The Labute approximate surface area is 79.4 Å². The van der Waals surface area contributed by atoms with Crippen molar-refractivity contribution in [1.29, 1.82) is 0 Å². The Bertz CT molecular complexity index is 45.3. The summed E-state index contributed by atoms with van der Waals surface area (Å²) in [5, 5.41) is 0. The molecule has 3 radical (unpaired) electrons. The summed E-state index contributed by atoms with van der Waals surface area (Å²) in [4.78, 5) is 0. The van der Waals surface area contributed by atoms with Gasteiger partial charge >= 0.3 is 0 Å². The zero-order chi connectivity index (χ0) is 7.07. The number of hydrogen-bond acceptors (Lipinski definition) is 2. The Balaban J connectivity index is 0.000000167. The Morgan fingerprint density at radius 2 is 0.818 bits per heavy atom.